The average Bonchev–Trinajstić information content (AvgIpc) is 3.52. The fourth-order valence-electron chi connectivity index (χ4n) is 3.28. The quantitative estimate of drug-likeness (QED) is 0.456. The molecule has 2 aromatic rings. The lowest BCUT2D eigenvalue weighted by Gasteiger charge is -2.18. The highest BCUT2D eigenvalue weighted by Crippen LogP contribution is 2.35. The predicted molar refractivity (Wildman–Crippen MR) is 114 cm³/mol. The van der Waals surface area contributed by atoms with E-state index in [-0.39, 0.29) is 17.6 Å². The number of anilines is 3. The molecule has 1 aliphatic rings. The van der Waals surface area contributed by atoms with Gasteiger partial charge in [-0.3, -0.25) is 9.59 Å². The Morgan fingerprint density at radius 1 is 1.24 bits per heavy atom. The number of nitrogens with one attached hydrogen (secondary N) is 3. The first-order chi connectivity index (χ1) is 13.8. The topological polar surface area (TPSA) is 104 Å². The van der Waals surface area contributed by atoms with Gasteiger partial charge in [0.1, 0.15) is 5.82 Å². The fraction of sp³-hybridized carbons (Fsp3) is 0.364. The summed E-state index contributed by atoms with van der Waals surface area (Å²) in [5.41, 5.74) is 3.32. The predicted octanol–water partition coefficient (Wildman–Crippen LogP) is 4.34. The molecule has 3 rings (SSSR count). The van der Waals surface area contributed by atoms with Crippen molar-refractivity contribution in [3.8, 4) is 5.75 Å². The van der Waals surface area contributed by atoms with E-state index >= 15 is 0 Å². The van der Waals surface area contributed by atoms with E-state index in [1.807, 2.05) is 25.1 Å². The van der Waals surface area contributed by atoms with Gasteiger partial charge in [-0.15, -0.1) is 0 Å². The molecule has 0 bridgehead atoms. The van der Waals surface area contributed by atoms with E-state index in [1.165, 1.54) is 6.92 Å². The smallest absolute Gasteiger partial charge is 0.228 e. The number of carbonyl (C=O) groups is 2. The lowest BCUT2D eigenvalue weighted by Crippen LogP contribution is -2.17. The van der Waals surface area contributed by atoms with E-state index in [1.54, 1.807) is 20.1 Å². The number of rotatable bonds is 8. The molecule has 0 atom stereocenters. The number of aryl methyl sites for hydroxylation is 1. The van der Waals surface area contributed by atoms with Crippen molar-refractivity contribution in [3.63, 3.8) is 0 Å². The van der Waals surface area contributed by atoms with Crippen LogP contribution >= 0.6 is 0 Å². The van der Waals surface area contributed by atoms with Gasteiger partial charge in [-0.25, -0.2) is 4.98 Å². The standard InChI is InChI=1S/C22H26N4O3/c1-5-16-20(13(3)27)18(11-19(25-16)26-22(28)14-9-10-14)24-17-8-6-7-15(12(2)23)21(17)29-4/h6-8,11,14,23H,5,9-10H2,1-4H3,(H2,24,25,26,28). The lowest BCUT2D eigenvalue weighted by atomic mass is 10.0. The number of nitrogens with zero attached hydrogens (tertiary/aromatic N) is 1. The molecule has 1 aromatic heterocycles. The summed E-state index contributed by atoms with van der Waals surface area (Å²) in [7, 11) is 1.55. The van der Waals surface area contributed by atoms with Gasteiger partial charge in [-0.1, -0.05) is 13.0 Å². The molecule has 3 N–H and O–H groups in total. The molecule has 0 radical (unpaired) electrons. The SMILES string of the molecule is CCc1nc(NC(=O)C2CC2)cc(Nc2cccc(C(C)=N)c2OC)c1C(C)=O. The summed E-state index contributed by atoms with van der Waals surface area (Å²) in [5.74, 6) is 0.839. The lowest BCUT2D eigenvalue weighted by molar-refractivity contribution is -0.117. The third-order valence-electron chi connectivity index (χ3n) is 4.87. The molecule has 1 fully saturated rings. The second kappa shape index (κ2) is 8.43. The van der Waals surface area contributed by atoms with Gasteiger partial charge in [0, 0.05) is 23.3 Å². The number of pyridine rings is 1. The zero-order valence-electron chi connectivity index (χ0n) is 17.2. The monoisotopic (exact) mass is 394 g/mol. The maximum atomic E-state index is 12.4. The molecule has 1 aromatic carbocycles. The third-order valence-corrected chi connectivity index (χ3v) is 4.87. The van der Waals surface area contributed by atoms with Gasteiger partial charge in [0.05, 0.1) is 29.7 Å². The molecule has 152 valence electrons. The second-order valence-electron chi connectivity index (χ2n) is 7.19. The minimum Gasteiger partial charge on any atom is -0.494 e. The van der Waals surface area contributed by atoms with Gasteiger partial charge in [-0.05, 0) is 45.2 Å². The van der Waals surface area contributed by atoms with Gasteiger partial charge in [-0.2, -0.15) is 0 Å². The largest absolute Gasteiger partial charge is 0.494 e. The summed E-state index contributed by atoms with van der Waals surface area (Å²) in [6.07, 6.45) is 2.35. The molecule has 7 heteroatoms. The molecular weight excluding hydrogens is 368 g/mol. The number of para-hydroxylation sites is 1. The number of amides is 1. The Kier molecular flexibility index (Phi) is 5.96. The van der Waals surface area contributed by atoms with Gasteiger partial charge in [0.2, 0.25) is 5.91 Å². The van der Waals surface area contributed by atoms with Crippen molar-refractivity contribution >= 4 is 34.6 Å². The molecule has 0 spiro atoms. The first-order valence-corrected chi connectivity index (χ1v) is 9.71. The molecule has 0 unspecified atom stereocenters. The maximum Gasteiger partial charge on any atom is 0.228 e. The number of aromatic nitrogens is 1. The summed E-state index contributed by atoms with van der Waals surface area (Å²) in [5, 5.41) is 14.1. The summed E-state index contributed by atoms with van der Waals surface area (Å²) in [4.78, 5) is 29.1. The van der Waals surface area contributed by atoms with Crippen molar-refractivity contribution in [2.75, 3.05) is 17.7 Å². The van der Waals surface area contributed by atoms with Crippen molar-refractivity contribution in [2.24, 2.45) is 5.92 Å². The number of ether oxygens (including phenoxy) is 1. The van der Waals surface area contributed by atoms with E-state index in [4.69, 9.17) is 10.1 Å². The third kappa shape index (κ3) is 4.45. The van der Waals surface area contributed by atoms with Crippen LogP contribution in [-0.4, -0.2) is 29.5 Å². The Labute approximate surface area is 170 Å². The zero-order valence-corrected chi connectivity index (χ0v) is 17.2. The van der Waals surface area contributed by atoms with Crippen LogP contribution in [0.4, 0.5) is 17.2 Å². The Morgan fingerprint density at radius 3 is 2.52 bits per heavy atom. The highest BCUT2D eigenvalue weighted by Gasteiger charge is 2.30. The molecule has 1 aliphatic carbocycles. The van der Waals surface area contributed by atoms with Gasteiger partial charge in [0.15, 0.2) is 11.5 Å². The number of benzene rings is 1. The van der Waals surface area contributed by atoms with Gasteiger partial charge in [0.25, 0.3) is 0 Å². The van der Waals surface area contributed by atoms with Crippen molar-refractivity contribution in [1.29, 1.82) is 5.41 Å². The summed E-state index contributed by atoms with van der Waals surface area (Å²) in [6.45, 7) is 5.11. The average molecular weight is 394 g/mol. The molecule has 0 aliphatic heterocycles. The minimum atomic E-state index is -0.115. The van der Waals surface area contributed by atoms with Crippen molar-refractivity contribution in [1.82, 2.24) is 4.98 Å². The zero-order chi connectivity index (χ0) is 21.1. The Morgan fingerprint density at radius 2 is 1.97 bits per heavy atom. The van der Waals surface area contributed by atoms with Crippen LogP contribution < -0.4 is 15.4 Å². The van der Waals surface area contributed by atoms with Crippen molar-refractivity contribution < 1.29 is 14.3 Å². The number of carbonyl (C=O) groups excluding carboxylic acids is 2. The Balaban J connectivity index is 2.07. The summed E-state index contributed by atoms with van der Waals surface area (Å²) >= 11 is 0. The van der Waals surface area contributed by atoms with Crippen LogP contribution in [0.5, 0.6) is 5.75 Å². The Hall–Kier alpha value is -3.22. The number of ketones is 1. The normalized spacial score (nSPS) is 13.0. The first-order valence-electron chi connectivity index (χ1n) is 9.71. The van der Waals surface area contributed by atoms with Crippen molar-refractivity contribution in [3.05, 3.63) is 41.1 Å². The molecule has 1 heterocycles. The molecule has 0 saturated heterocycles. The van der Waals surface area contributed by atoms with Crippen LogP contribution in [0.1, 0.15) is 55.2 Å². The van der Waals surface area contributed by atoms with E-state index < -0.39 is 0 Å². The van der Waals surface area contributed by atoms with E-state index in [2.05, 4.69) is 15.6 Å². The number of methoxy groups -OCH3 is 1. The van der Waals surface area contributed by atoms with E-state index in [0.29, 0.717) is 51.9 Å². The first kappa shape index (κ1) is 20.5. The highest BCUT2D eigenvalue weighted by atomic mass is 16.5. The summed E-state index contributed by atoms with van der Waals surface area (Å²) in [6, 6.07) is 7.14. The highest BCUT2D eigenvalue weighted by molar-refractivity contribution is 6.04. The van der Waals surface area contributed by atoms with E-state index in [9.17, 15) is 9.59 Å². The minimum absolute atomic E-state index is 0.0416. The Bertz CT molecular complexity index is 980. The summed E-state index contributed by atoms with van der Waals surface area (Å²) < 4.78 is 5.53. The maximum absolute atomic E-state index is 12.4. The van der Waals surface area contributed by atoms with Gasteiger partial charge >= 0.3 is 0 Å². The number of hydrogen-bond donors (Lipinski definition) is 3. The number of hydrogen-bond acceptors (Lipinski definition) is 6. The fourth-order valence-corrected chi connectivity index (χ4v) is 3.28. The van der Waals surface area contributed by atoms with Crippen LogP contribution in [-0.2, 0) is 11.2 Å². The molecule has 29 heavy (non-hydrogen) atoms. The van der Waals surface area contributed by atoms with Crippen LogP contribution in [0.3, 0.4) is 0 Å². The molecule has 1 amide bonds. The van der Waals surface area contributed by atoms with Gasteiger partial charge < -0.3 is 20.8 Å². The molecule has 1 saturated carbocycles. The van der Waals surface area contributed by atoms with Crippen LogP contribution in [0.2, 0.25) is 0 Å². The molecular formula is C22H26N4O3. The van der Waals surface area contributed by atoms with E-state index in [0.717, 1.165) is 12.8 Å². The molecule has 7 nitrogen and oxygen atoms in total. The second-order valence-corrected chi connectivity index (χ2v) is 7.19. The van der Waals surface area contributed by atoms with Crippen LogP contribution in [0.15, 0.2) is 24.3 Å². The van der Waals surface area contributed by atoms with Crippen molar-refractivity contribution in [2.45, 2.75) is 40.0 Å². The van der Waals surface area contributed by atoms with Crippen LogP contribution in [0.25, 0.3) is 0 Å². The van der Waals surface area contributed by atoms with Crippen LogP contribution in [0, 0.1) is 11.3 Å². The number of Topliss-reactive ketones (excluding diaryl/α,β-unsaturated/α-hetero) is 1.